The van der Waals surface area contributed by atoms with Gasteiger partial charge in [0.2, 0.25) is 0 Å². The van der Waals surface area contributed by atoms with Crippen LogP contribution in [0.1, 0.15) is 136 Å². The third-order valence-corrected chi connectivity index (χ3v) is 8.77. The molecule has 0 bridgehead atoms. The van der Waals surface area contributed by atoms with Crippen LogP contribution in [0, 0.1) is 23.7 Å². The van der Waals surface area contributed by atoms with Crippen LogP contribution in [-0.4, -0.2) is 5.11 Å². The zero-order chi connectivity index (χ0) is 23.5. The maximum Gasteiger partial charge on any atom is 0.123 e. The van der Waals surface area contributed by atoms with E-state index < -0.39 is 0 Å². The molecule has 0 radical (unpaired) electrons. The van der Waals surface area contributed by atoms with E-state index in [2.05, 4.69) is 60.6 Å². The largest absolute Gasteiger partial charge is 0.507 e. The van der Waals surface area contributed by atoms with E-state index in [1.165, 1.54) is 76.2 Å². The predicted molar refractivity (Wildman–Crippen MR) is 140 cm³/mol. The Balaban J connectivity index is 1.56. The molecule has 0 unspecified atom stereocenters. The Morgan fingerprint density at radius 1 is 0.688 bits per heavy atom. The van der Waals surface area contributed by atoms with Crippen molar-refractivity contribution in [2.75, 3.05) is 0 Å². The maximum absolute atomic E-state index is 11.0. The minimum absolute atomic E-state index is 0.0334. The number of hydrogen-bond acceptors (Lipinski definition) is 1. The summed E-state index contributed by atoms with van der Waals surface area (Å²) < 4.78 is 0. The van der Waals surface area contributed by atoms with Crippen molar-refractivity contribution in [3.05, 3.63) is 28.8 Å². The Morgan fingerprint density at radius 2 is 1.09 bits per heavy atom. The maximum atomic E-state index is 11.0. The van der Waals surface area contributed by atoms with Gasteiger partial charge in [0.25, 0.3) is 0 Å². The standard InChI is InChI=1S/C31H52O/c1-8-9-22-12-16-25(17-13-22)26-18-14-23(15-19-26)10-11-24-20-27(30(2,3)4)29(32)28(21-24)31(5,6)7/h20-23,25-26,32H,8-19H2,1-7H3. The second-order valence-corrected chi connectivity index (χ2v) is 13.4. The molecule has 0 saturated heterocycles. The molecule has 2 aliphatic carbocycles. The molecule has 182 valence electrons. The second kappa shape index (κ2) is 10.5. The summed E-state index contributed by atoms with van der Waals surface area (Å²) in [6.07, 6.45) is 17.2. The smallest absolute Gasteiger partial charge is 0.123 e. The average Bonchev–Trinajstić information content (AvgIpc) is 2.72. The van der Waals surface area contributed by atoms with Crippen molar-refractivity contribution >= 4 is 0 Å². The molecule has 1 N–H and O–H groups in total. The second-order valence-electron chi connectivity index (χ2n) is 13.4. The molecule has 1 nitrogen and oxygen atoms in total. The first kappa shape index (κ1) is 25.6. The van der Waals surface area contributed by atoms with Crippen LogP contribution < -0.4 is 0 Å². The van der Waals surface area contributed by atoms with Crippen LogP contribution in [-0.2, 0) is 17.3 Å². The highest BCUT2D eigenvalue weighted by atomic mass is 16.3. The van der Waals surface area contributed by atoms with Gasteiger partial charge in [-0.25, -0.2) is 0 Å². The van der Waals surface area contributed by atoms with Gasteiger partial charge in [0.05, 0.1) is 0 Å². The Morgan fingerprint density at radius 3 is 1.47 bits per heavy atom. The van der Waals surface area contributed by atoms with E-state index in [0.717, 1.165) is 41.2 Å². The molecular formula is C31H52O. The first-order chi connectivity index (χ1) is 15.0. The highest BCUT2D eigenvalue weighted by molar-refractivity contribution is 5.49. The first-order valence-corrected chi connectivity index (χ1v) is 13.9. The minimum Gasteiger partial charge on any atom is -0.507 e. The number of benzene rings is 1. The third-order valence-electron chi connectivity index (χ3n) is 8.77. The van der Waals surface area contributed by atoms with Gasteiger partial charge >= 0.3 is 0 Å². The molecule has 2 fully saturated rings. The molecule has 2 aliphatic rings. The number of aromatic hydroxyl groups is 1. The van der Waals surface area contributed by atoms with Gasteiger partial charge in [-0.1, -0.05) is 99.1 Å². The number of rotatable bonds is 6. The average molecular weight is 441 g/mol. The Labute approximate surface area is 199 Å². The van der Waals surface area contributed by atoms with E-state index in [-0.39, 0.29) is 10.8 Å². The fourth-order valence-electron chi connectivity index (χ4n) is 6.66. The first-order valence-electron chi connectivity index (χ1n) is 13.9. The van der Waals surface area contributed by atoms with E-state index in [1.807, 2.05) is 0 Å². The topological polar surface area (TPSA) is 20.2 Å². The van der Waals surface area contributed by atoms with Crippen LogP contribution in [0.25, 0.3) is 0 Å². The Kier molecular flexibility index (Phi) is 8.43. The van der Waals surface area contributed by atoms with Crippen LogP contribution in [0.4, 0.5) is 0 Å². The number of aryl methyl sites for hydroxylation is 1. The lowest BCUT2D eigenvalue weighted by atomic mass is 9.68. The van der Waals surface area contributed by atoms with Crippen LogP contribution in [0.15, 0.2) is 12.1 Å². The molecule has 1 aromatic rings. The number of hydrogen-bond donors (Lipinski definition) is 1. The van der Waals surface area contributed by atoms with Crippen molar-refractivity contribution < 1.29 is 5.11 Å². The summed E-state index contributed by atoms with van der Waals surface area (Å²) in [6.45, 7) is 15.7. The lowest BCUT2D eigenvalue weighted by Gasteiger charge is -2.38. The highest BCUT2D eigenvalue weighted by Gasteiger charge is 2.31. The van der Waals surface area contributed by atoms with Crippen molar-refractivity contribution in [1.82, 2.24) is 0 Å². The van der Waals surface area contributed by atoms with Crippen molar-refractivity contribution in [3.63, 3.8) is 0 Å². The van der Waals surface area contributed by atoms with Gasteiger partial charge in [-0.05, 0) is 89.7 Å². The molecule has 1 heteroatoms. The lowest BCUT2D eigenvalue weighted by Crippen LogP contribution is -2.26. The zero-order valence-electron chi connectivity index (χ0n) is 22.4. The molecule has 1 aromatic carbocycles. The molecule has 0 heterocycles. The Hall–Kier alpha value is -0.980. The molecular weight excluding hydrogens is 388 g/mol. The van der Waals surface area contributed by atoms with E-state index in [1.54, 1.807) is 0 Å². The van der Waals surface area contributed by atoms with E-state index in [9.17, 15) is 5.11 Å². The van der Waals surface area contributed by atoms with Gasteiger partial charge in [0.1, 0.15) is 5.75 Å². The summed E-state index contributed by atoms with van der Waals surface area (Å²) in [7, 11) is 0. The van der Waals surface area contributed by atoms with Gasteiger partial charge in [0, 0.05) is 0 Å². The number of phenols is 1. The van der Waals surface area contributed by atoms with Gasteiger partial charge in [-0.2, -0.15) is 0 Å². The summed E-state index contributed by atoms with van der Waals surface area (Å²) in [5.41, 5.74) is 3.58. The van der Waals surface area contributed by atoms with Crippen molar-refractivity contribution in [2.45, 2.75) is 136 Å². The normalized spacial score (nSPS) is 27.5. The lowest BCUT2D eigenvalue weighted by molar-refractivity contribution is 0.141. The molecule has 0 aromatic heterocycles. The zero-order valence-corrected chi connectivity index (χ0v) is 22.4. The summed E-state index contributed by atoms with van der Waals surface area (Å²) in [5.74, 6) is 4.50. The van der Waals surface area contributed by atoms with Gasteiger partial charge in [0.15, 0.2) is 0 Å². The van der Waals surface area contributed by atoms with Crippen molar-refractivity contribution in [1.29, 1.82) is 0 Å². The SMILES string of the molecule is CCCC1CCC(C2CCC(CCc3cc(C(C)(C)C)c(O)c(C(C)(C)C)c3)CC2)CC1. The van der Waals surface area contributed by atoms with Crippen molar-refractivity contribution in [2.24, 2.45) is 23.7 Å². The summed E-state index contributed by atoms with van der Waals surface area (Å²) in [6, 6.07) is 4.59. The molecule has 32 heavy (non-hydrogen) atoms. The van der Waals surface area contributed by atoms with E-state index >= 15 is 0 Å². The van der Waals surface area contributed by atoms with E-state index in [0.29, 0.717) is 5.75 Å². The van der Waals surface area contributed by atoms with Gasteiger partial charge in [-0.3, -0.25) is 0 Å². The van der Waals surface area contributed by atoms with Crippen LogP contribution >= 0.6 is 0 Å². The highest BCUT2D eigenvalue weighted by Crippen LogP contribution is 2.44. The van der Waals surface area contributed by atoms with E-state index in [4.69, 9.17) is 0 Å². The molecule has 0 aliphatic heterocycles. The van der Waals surface area contributed by atoms with Gasteiger partial charge < -0.3 is 5.11 Å². The van der Waals surface area contributed by atoms with Crippen LogP contribution in [0.2, 0.25) is 0 Å². The van der Waals surface area contributed by atoms with Crippen LogP contribution in [0.5, 0.6) is 5.75 Å². The molecule has 3 rings (SSSR count). The summed E-state index contributed by atoms with van der Waals surface area (Å²) in [5, 5.41) is 11.0. The van der Waals surface area contributed by atoms with Crippen molar-refractivity contribution in [3.8, 4) is 5.75 Å². The predicted octanol–water partition coefficient (Wildman–Crippen LogP) is 9.33. The number of phenolic OH excluding ortho intramolecular Hbond substituents is 1. The summed E-state index contributed by atoms with van der Waals surface area (Å²) in [4.78, 5) is 0. The molecule has 2 saturated carbocycles. The quantitative estimate of drug-likeness (QED) is 0.467. The fraction of sp³-hybridized carbons (Fsp3) is 0.806. The minimum atomic E-state index is -0.0334. The van der Waals surface area contributed by atoms with Crippen LogP contribution in [0.3, 0.4) is 0 Å². The molecule has 0 spiro atoms. The monoisotopic (exact) mass is 440 g/mol. The fourth-order valence-corrected chi connectivity index (χ4v) is 6.66. The van der Waals surface area contributed by atoms with Gasteiger partial charge in [-0.15, -0.1) is 0 Å². The third kappa shape index (κ3) is 6.54. The Bertz CT molecular complexity index is 681. The molecule has 0 amide bonds. The molecule has 0 atom stereocenters. The summed E-state index contributed by atoms with van der Waals surface area (Å²) >= 11 is 0.